The number of fused-ring (bicyclic) bond motifs is 1. The van der Waals surface area contributed by atoms with E-state index >= 15 is 0 Å². The Balaban J connectivity index is 1.39. The van der Waals surface area contributed by atoms with Crippen molar-refractivity contribution in [3.8, 4) is 5.75 Å². The summed E-state index contributed by atoms with van der Waals surface area (Å²) in [6.07, 6.45) is 5.02. The molecular weight excluding hydrogens is 402 g/mol. The molecule has 0 bridgehead atoms. The maximum absolute atomic E-state index is 12.8. The Labute approximate surface area is 189 Å². The fraction of sp³-hybridized carbons (Fsp3) is 0.385. The Morgan fingerprint density at radius 2 is 1.94 bits per heavy atom. The van der Waals surface area contributed by atoms with Crippen LogP contribution in [0.25, 0.3) is 6.08 Å². The van der Waals surface area contributed by atoms with E-state index in [2.05, 4.69) is 24.1 Å². The number of urea groups is 1. The van der Waals surface area contributed by atoms with Crippen molar-refractivity contribution in [1.82, 2.24) is 4.90 Å². The van der Waals surface area contributed by atoms with E-state index in [9.17, 15) is 9.59 Å². The number of nitrogens with zero attached hydrogens (tertiary/aromatic N) is 1. The highest BCUT2D eigenvalue weighted by Gasteiger charge is 2.34. The number of nitrogens with one attached hydrogen (secondary N) is 2. The number of hydrogen-bond acceptors (Lipinski definition) is 3. The lowest BCUT2D eigenvalue weighted by Crippen LogP contribution is -2.47. The smallest absolute Gasteiger partial charge is 0.322 e. The van der Waals surface area contributed by atoms with Gasteiger partial charge in [0.1, 0.15) is 5.75 Å². The first-order chi connectivity index (χ1) is 15.4. The quantitative estimate of drug-likeness (QED) is 0.654. The summed E-state index contributed by atoms with van der Waals surface area (Å²) in [4.78, 5) is 27.5. The third kappa shape index (κ3) is 4.22. The average Bonchev–Trinajstić information content (AvgIpc) is 2.80. The summed E-state index contributed by atoms with van der Waals surface area (Å²) >= 11 is 0. The van der Waals surface area contributed by atoms with E-state index in [1.54, 1.807) is 7.11 Å². The number of carbonyl (C=O) groups excluding carboxylic acids is 2. The fourth-order valence-electron chi connectivity index (χ4n) is 4.83. The first kappa shape index (κ1) is 21.9. The second kappa shape index (κ2) is 9.07. The molecule has 0 radical (unpaired) electrons. The van der Waals surface area contributed by atoms with Crippen molar-refractivity contribution in [1.29, 1.82) is 0 Å². The predicted molar refractivity (Wildman–Crippen MR) is 128 cm³/mol. The SMILES string of the molecule is C=Cc1ccc2c(c1C)CN(C1CCC(C(=O)Nc3ccc(C)c(OC)c3)CC1)C(=O)N2. The Hall–Kier alpha value is -3.28. The maximum atomic E-state index is 12.8. The molecule has 1 saturated carbocycles. The van der Waals surface area contributed by atoms with Crippen molar-refractivity contribution in [2.45, 2.75) is 52.1 Å². The van der Waals surface area contributed by atoms with Crippen LogP contribution in [-0.2, 0) is 11.3 Å². The minimum atomic E-state index is -0.0529. The first-order valence-electron chi connectivity index (χ1n) is 11.2. The van der Waals surface area contributed by atoms with Gasteiger partial charge in [0, 0.05) is 29.4 Å². The summed E-state index contributed by atoms with van der Waals surface area (Å²) in [5, 5.41) is 6.07. The van der Waals surface area contributed by atoms with Crippen LogP contribution in [0.4, 0.5) is 16.2 Å². The van der Waals surface area contributed by atoms with Gasteiger partial charge in [-0.3, -0.25) is 4.79 Å². The number of rotatable bonds is 5. The minimum Gasteiger partial charge on any atom is -0.496 e. The molecule has 1 heterocycles. The molecule has 0 aromatic heterocycles. The lowest BCUT2D eigenvalue weighted by Gasteiger charge is -2.39. The molecule has 1 aliphatic heterocycles. The highest BCUT2D eigenvalue weighted by Crippen LogP contribution is 2.35. The average molecular weight is 434 g/mol. The van der Waals surface area contributed by atoms with Gasteiger partial charge in [0.05, 0.1) is 13.7 Å². The van der Waals surface area contributed by atoms with Crippen LogP contribution < -0.4 is 15.4 Å². The van der Waals surface area contributed by atoms with E-state index in [-0.39, 0.29) is 23.9 Å². The molecule has 2 N–H and O–H groups in total. The summed E-state index contributed by atoms with van der Waals surface area (Å²) in [5.74, 6) is 0.750. The van der Waals surface area contributed by atoms with Crippen molar-refractivity contribution in [2.24, 2.45) is 5.92 Å². The van der Waals surface area contributed by atoms with Gasteiger partial charge < -0.3 is 20.3 Å². The van der Waals surface area contributed by atoms with Crippen molar-refractivity contribution >= 4 is 29.4 Å². The van der Waals surface area contributed by atoms with Crippen LogP contribution in [-0.4, -0.2) is 30.0 Å². The molecule has 0 unspecified atom stereocenters. The van der Waals surface area contributed by atoms with Crippen LogP contribution in [0.1, 0.15) is 47.9 Å². The third-order valence-corrected chi connectivity index (χ3v) is 6.88. The highest BCUT2D eigenvalue weighted by molar-refractivity contribution is 5.94. The molecule has 32 heavy (non-hydrogen) atoms. The molecule has 6 heteroatoms. The molecule has 0 atom stereocenters. The van der Waals surface area contributed by atoms with Gasteiger partial charge >= 0.3 is 6.03 Å². The highest BCUT2D eigenvalue weighted by atomic mass is 16.5. The molecule has 168 valence electrons. The van der Waals surface area contributed by atoms with Gasteiger partial charge in [0.2, 0.25) is 5.91 Å². The van der Waals surface area contributed by atoms with Gasteiger partial charge in [-0.2, -0.15) is 0 Å². The summed E-state index contributed by atoms with van der Waals surface area (Å²) in [6.45, 7) is 8.53. The molecule has 4 rings (SSSR count). The van der Waals surface area contributed by atoms with Gasteiger partial charge in [0.25, 0.3) is 0 Å². The lowest BCUT2D eigenvalue weighted by molar-refractivity contribution is -0.121. The molecule has 3 amide bonds. The zero-order chi connectivity index (χ0) is 22.8. The Morgan fingerprint density at radius 3 is 2.62 bits per heavy atom. The van der Waals surface area contributed by atoms with E-state index in [4.69, 9.17) is 4.74 Å². The van der Waals surface area contributed by atoms with Gasteiger partial charge in [-0.15, -0.1) is 0 Å². The number of benzene rings is 2. The molecule has 0 spiro atoms. The number of aryl methyl sites for hydroxylation is 1. The number of hydrogen-bond donors (Lipinski definition) is 2. The zero-order valence-electron chi connectivity index (χ0n) is 19.0. The van der Waals surface area contributed by atoms with E-state index in [0.29, 0.717) is 6.54 Å². The summed E-state index contributed by atoms with van der Waals surface area (Å²) in [5.41, 5.74) is 6.06. The molecular formula is C26H31N3O3. The van der Waals surface area contributed by atoms with E-state index < -0.39 is 0 Å². The minimum absolute atomic E-state index is 0.0364. The molecule has 1 fully saturated rings. The van der Waals surface area contributed by atoms with Crippen molar-refractivity contribution < 1.29 is 14.3 Å². The second-order valence-electron chi connectivity index (χ2n) is 8.75. The van der Waals surface area contributed by atoms with Crippen LogP contribution in [0, 0.1) is 19.8 Å². The maximum Gasteiger partial charge on any atom is 0.322 e. The van der Waals surface area contributed by atoms with Gasteiger partial charge in [-0.05, 0) is 73.9 Å². The number of anilines is 2. The van der Waals surface area contributed by atoms with Crippen molar-refractivity contribution in [3.05, 3.63) is 59.2 Å². The topological polar surface area (TPSA) is 70.7 Å². The van der Waals surface area contributed by atoms with E-state index in [1.807, 2.05) is 48.2 Å². The predicted octanol–water partition coefficient (Wildman–Crippen LogP) is 5.50. The molecule has 2 aliphatic rings. The number of carbonyl (C=O) groups is 2. The second-order valence-corrected chi connectivity index (χ2v) is 8.75. The molecule has 2 aromatic rings. The van der Waals surface area contributed by atoms with Crippen LogP contribution in [0.3, 0.4) is 0 Å². The third-order valence-electron chi connectivity index (χ3n) is 6.88. The van der Waals surface area contributed by atoms with Crippen molar-refractivity contribution in [3.63, 3.8) is 0 Å². The standard InChI is InChI=1S/C26H31N3O3/c1-5-18-9-13-23-22(17(18)3)15-29(26(31)28-23)21-11-7-19(8-12-21)25(30)27-20-10-6-16(2)24(14-20)32-4/h5-6,9-10,13-14,19,21H,1,7-8,11-12,15H2,2-4H3,(H,27,30)(H,28,31). The van der Waals surface area contributed by atoms with Gasteiger partial charge in [-0.25, -0.2) is 4.79 Å². The number of amides is 3. The molecule has 0 saturated heterocycles. The summed E-state index contributed by atoms with van der Waals surface area (Å²) < 4.78 is 5.35. The zero-order valence-corrected chi connectivity index (χ0v) is 19.0. The lowest BCUT2D eigenvalue weighted by atomic mass is 9.84. The van der Waals surface area contributed by atoms with Gasteiger partial charge in [-0.1, -0.05) is 24.8 Å². The van der Waals surface area contributed by atoms with Crippen LogP contribution in [0.5, 0.6) is 5.75 Å². The number of methoxy groups -OCH3 is 1. The van der Waals surface area contributed by atoms with Crippen LogP contribution in [0.2, 0.25) is 0 Å². The van der Waals surface area contributed by atoms with E-state index in [0.717, 1.165) is 65.1 Å². The summed E-state index contributed by atoms with van der Waals surface area (Å²) in [6, 6.07) is 9.73. The summed E-state index contributed by atoms with van der Waals surface area (Å²) in [7, 11) is 1.63. The fourth-order valence-corrected chi connectivity index (χ4v) is 4.83. The van der Waals surface area contributed by atoms with Crippen LogP contribution in [0.15, 0.2) is 36.9 Å². The monoisotopic (exact) mass is 433 g/mol. The normalized spacial score (nSPS) is 20.2. The van der Waals surface area contributed by atoms with E-state index in [1.165, 1.54) is 0 Å². The van der Waals surface area contributed by atoms with Crippen LogP contribution >= 0.6 is 0 Å². The number of ether oxygens (including phenoxy) is 1. The first-order valence-corrected chi connectivity index (χ1v) is 11.2. The molecule has 2 aromatic carbocycles. The Bertz CT molecular complexity index is 1050. The Morgan fingerprint density at radius 1 is 1.19 bits per heavy atom. The largest absolute Gasteiger partial charge is 0.496 e. The van der Waals surface area contributed by atoms with Crippen molar-refractivity contribution in [2.75, 3.05) is 17.7 Å². The molecule has 1 aliphatic carbocycles. The Kier molecular flexibility index (Phi) is 6.21. The van der Waals surface area contributed by atoms with Gasteiger partial charge in [0.15, 0.2) is 0 Å². The molecule has 6 nitrogen and oxygen atoms in total.